The second kappa shape index (κ2) is 5.44. The van der Waals surface area contributed by atoms with E-state index in [1.807, 2.05) is 0 Å². The molecule has 0 bridgehead atoms. The number of anilines is 1. The number of hydrogen-bond donors (Lipinski definition) is 0. The lowest BCUT2D eigenvalue weighted by atomic mass is 10.3. The second-order valence-electron chi connectivity index (χ2n) is 4.56. The van der Waals surface area contributed by atoms with E-state index in [4.69, 9.17) is 4.74 Å². The molecule has 0 spiro atoms. The first-order chi connectivity index (χ1) is 8.92. The van der Waals surface area contributed by atoms with Gasteiger partial charge in [-0.2, -0.15) is 0 Å². The molecule has 0 radical (unpaired) electrons. The third kappa shape index (κ3) is 2.67. The van der Waals surface area contributed by atoms with E-state index in [-0.39, 0.29) is 0 Å². The van der Waals surface area contributed by atoms with E-state index in [9.17, 15) is 0 Å². The minimum Gasteiger partial charge on any atom is -0.488 e. The minimum atomic E-state index is 0.667. The predicted octanol–water partition coefficient (Wildman–Crippen LogP) is 3.93. The summed E-state index contributed by atoms with van der Waals surface area (Å²) in [5.74, 6) is 0.950. The van der Waals surface area contributed by atoms with Crippen molar-refractivity contribution in [2.75, 3.05) is 18.0 Å². The SMILES string of the molecule is c1csc(COc2ccc(N3CCCC3)cc2)c1. The largest absolute Gasteiger partial charge is 0.488 e. The third-order valence-electron chi connectivity index (χ3n) is 3.27. The van der Waals surface area contributed by atoms with Crippen molar-refractivity contribution < 1.29 is 4.74 Å². The summed E-state index contributed by atoms with van der Waals surface area (Å²) in [4.78, 5) is 3.70. The van der Waals surface area contributed by atoms with Gasteiger partial charge < -0.3 is 9.64 Å². The van der Waals surface area contributed by atoms with Crippen LogP contribution in [0.1, 0.15) is 17.7 Å². The molecule has 1 aliphatic rings. The number of nitrogens with zero attached hydrogens (tertiary/aromatic N) is 1. The fraction of sp³-hybridized carbons (Fsp3) is 0.333. The van der Waals surface area contributed by atoms with E-state index in [1.54, 1.807) is 11.3 Å². The van der Waals surface area contributed by atoms with Crippen LogP contribution in [0, 0.1) is 0 Å². The number of benzene rings is 1. The van der Waals surface area contributed by atoms with Gasteiger partial charge in [-0.25, -0.2) is 0 Å². The van der Waals surface area contributed by atoms with E-state index in [1.165, 1.54) is 36.5 Å². The Hall–Kier alpha value is -1.48. The molecule has 2 heterocycles. The van der Waals surface area contributed by atoms with Gasteiger partial charge in [0.05, 0.1) is 0 Å². The van der Waals surface area contributed by atoms with Crippen molar-refractivity contribution in [2.24, 2.45) is 0 Å². The molecule has 0 N–H and O–H groups in total. The average Bonchev–Trinajstić information content (AvgIpc) is 3.10. The van der Waals surface area contributed by atoms with Gasteiger partial charge in [0.25, 0.3) is 0 Å². The molecule has 94 valence electrons. The van der Waals surface area contributed by atoms with Crippen LogP contribution in [-0.2, 0) is 6.61 Å². The fourth-order valence-electron chi connectivity index (χ4n) is 2.28. The lowest BCUT2D eigenvalue weighted by Crippen LogP contribution is -2.17. The van der Waals surface area contributed by atoms with Crippen LogP contribution in [0.5, 0.6) is 5.75 Å². The number of rotatable bonds is 4. The van der Waals surface area contributed by atoms with Gasteiger partial charge >= 0.3 is 0 Å². The van der Waals surface area contributed by atoms with Crippen LogP contribution in [0.25, 0.3) is 0 Å². The molecule has 1 aliphatic heterocycles. The van der Waals surface area contributed by atoms with Crippen molar-refractivity contribution >= 4 is 17.0 Å². The number of ether oxygens (including phenoxy) is 1. The molecule has 0 amide bonds. The summed E-state index contributed by atoms with van der Waals surface area (Å²) >= 11 is 1.73. The number of hydrogen-bond acceptors (Lipinski definition) is 3. The topological polar surface area (TPSA) is 12.5 Å². The van der Waals surface area contributed by atoms with Crippen molar-refractivity contribution in [1.82, 2.24) is 0 Å². The molecule has 1 saturated heterocycles. The molecule has 18 heavy (non-hydrogen) atoms. The molecule has 0 unspecified atom stereocenters. The van der Waals surface area contributed by atoms with Crippen molar-refractivity contribution in [3.8, 4) is 5.75 Å². The first-order valence-corrected chi connectivity index (χ1v) is 7.30. The van der Waals surface area contributed by atoms with E-state index in [2.05, 4.69) is 46.7 Å². The molecule has 0 aliphatic carbocycles. The van der Waals surface area contributed by atoms with Crippen LogP contribution in [-0.4, -0.2) is 13.1 Å². The maximum atomic E-state index is 5.76. The predicted molar refractivity (Wildman–Crippen MR) is 76.5 cm³/mol. The Balaban J connectivity index is 1.60. The van der Waals surface area contributed by atoms with E-state index in [0.29, 0.717) is 6.61 Å². The van der Waals surface area contributed by atoms with Crippen LogP contribution in [0.3, 0.4) is 0 Å². The Kier molecular flexibility index (Phi) is 3.51. The van der Waals surface area contributed by atoms with Crippen LogP contribution < -0.4 is 9.64 Å². The zero-order valence-electron chi connectivity index (χ0n) is 10.3. The van der Waals surface area contributed by atoms with Gasteiger partial charge in [-0.05, 0) is 48.6 Å². The summed E-state index contributed by atoms with van der Waals surface area (Å²) in [6, 6.07) is 12.6. The molecule has 0 saturated carbocycles. The Labute approximate surface area is 112 Å². The third-order valence-corrected chi connectivity index (χ3v) is 4.12. The smallest absolute Gasteiger partial charge is 0.122 e. The summed E-state index contributed by atoms with van der Waals surface area (Å²) in [6.07, 6.45) is 2.63. The molecule has 1 fully saturated rings. The summed E-state index contributed by atoms with van der Waals surface area (Å²) < 4.78 is 5.76. The summed E-state index contributed by atoms with van der Waals surface area (Å²) in [7, 11) is 0. The van der Waals surface area contributed by atoms with Crippen LogP contribution in [0.15, 0.2) is 41.8 Å². The zero-order chi connectivity index (χ0) is 12.2. The van der Waals surface area contributed by atoms with Crippen molar-refractivity contribution in [1.29, 1.82) is 0 Å². The fourth-order valence-corrected chi connectivity index (χ4v) is 2.89. The summed E-state index contributed by atoms with van der Waals surface area (Å²) in [5.41, 5.74) is 1.32. The Morgan fingerprint density at radius 3 is 2.50 bits per heavy atom. The molecule has 3 rings (SSSR count). The van der Waals surface area contributed by atoms with E-state index < -0.39 is 0 Å². The molecular weight excluding hydrogens is 242 g/mol. The highest BCUT2D eigenvalue weighted by Crippen LogP contribution is 2.23. The van der Waals surface area contributed by atoms with Gasteiger partial charge in [-0.1, -0.05) is 6.07 Å². The highest BCUT2D eigenvalue weighted by atomic mass is 32.1. The lowest BCUT2D eigenvalue weighted by Gasteiger charge is -2.17. The van der Waals surface area contributed by atoms with Gasteiger partial charge in [-0.3, -0.25) is 0 Å². The van der Waals surface area contributed by atoms with Crippen molar-refractivity contribution in [3.63, 3.8) is 0 Å². The highest BCUT2D eigenvalue weighted by molar-refractivity contribution is 7.09. The average molecular weight is 259 g/mol. The van der Waals surface area contributed by atoms with Crippen LogP contribution in [0.2, 0.25) is 0 Å². The second-order valence-corrected chi connectivity index (χ2v) is 5.59. The van der Waals surface area contributed by atoms with Crippen LogP contribution >= 0.6 is 11.3 Å². The molecule has 1 aromatic heterocycles. The summed E-state index contributed by atoms with van der Waals surface area (Å²) in [6.45, 7) is 3.05. The maximum Gasteiger partial charge on any atom is 0.122 e. The van der Waals surface area contributed by atoms with E-state index >= 15 is 0 Å². The summed E-state index contributed by atoms with van der Waals surface area (Å²) in [5, 5.41) is 2.08. The van der Waals surface area contributed by atoms with Crippen molar-refractivity contribution in [3.05, 3.63) is 46.7 Å². The van der Waals surface area contributed by atoms with Crippen molar-refractivity contribution in [2.45, 2.75) is 19.4 Å². The lowest BCUT2D eigenvalue weighted by molar-refractivity contribution is 0.310. The van der Waals surface area contributed by atoms with Crippen LogP contribution in [0.4, 0.5) is 5.69 Å². The van der Waals surface area contributed by atoms with Gasteiger partial charge in [0, 0.05) is 23.7 Å². The van der Waals surface area contributed by atoms with Gasteiger partial charge in [0.15, 0.2) is 0 Å². The minimum absolute atomic E-state index is 0.667. The van der Waals surface area contributed by atoms with E-state index in [0.717, 1.165) is 5.75 Å². The number of thiophene rings is 1. The molecule has 0 atom stereocenters. The maximum absolute atomic E-state index is 5.76. The first-order valence-electron chi connectivity index (χ1n) is 6.42. The molecule has 2 aromatic rings. The Morgan fingerprint density at radius 2 is 1.83 bits per heavy atom. The van der Waals surface area contributed by atoms with Gasteiger partial charge in [0.1, 0.15) is 12.4 Å². The highest BCUT2D eigenvalue weighted by Gasteiger charge is 2.11. The zero-order valence-corrected chi connectivity index (χ0v) is 11.2. The molecular formula is C15H17NOS. The first kappa shape index (κ1) is 11.6. The quantitative estimate of drug-likeness (QED) is 0.825. The van der Waals surface area contributed by atoms with Gasteiger partial charge in [-0.15, -0.1) is 11.3 Å². The molecule has 1 aromatic carbocycles. The van der Waals surface area contributed by atoms with Gasteiger partial charge in [0.2, 0.25) is 0 Å². The molecule has 3 heteroatoms. The monoisotopic (exact) mass is 259 g/mol. The Bertz CT molecular complexity index is 472. The standard InChI is InChI=1S/C15H17NOS/c1-2-10-16(9-1)13-5-7-14(8-6-13)17-12-15-4-3-11-18-15/h3-8,11H,1-2,9-10,12H2. The normalized spacial score (nSPS) is 15.0. The molecule has 2 nitrogen and oxygen atoms in total. The Morgan fingerprint density at radius 1 is 1.06 bits per heavy atom.